The highest BCUT2D eigenvalue weighted by molar-refractivity contribution is 6.47. The zero-order chi connectivity index (χ0) is 23.7. The van der Waals surface area contributed by atoms with E-state index in [4.69, 9.17) is 5.84 Å². The molecule has 2 N–H and O–H groups in total. The summed E-state index contributed by atoms with van der Waals surface area (Å²) in [6.07, 6.45) is 4.43. The van der Waals surface area contributed by atoms with Gasteiger partial charge < -0.3 is 0 Å². The van der Waals surface area contributed by atoms with Crippen molar-refractivity contribution in [2.75, 3.05) is 0 Å². The number of hydrogen-bond acceptors (Lipinski definition) is 8. The molecule has 2 aromatic carbocycles. The van der Waals surface area contributed by atoms with Crippen LogP contribution in [0.15, 0.2) is 95.4 Å². The van der Waals surface area contributed by atoms with Gasteiger partial charge in [0.2, 0.25) is 23.6 Å². The minimum Gasteiger partial charge on any atom is -0.289 e. The van der Waals surface area contributed by atoms with Crippen molar-refractivity contribution in [3.63, 3.8) is 0 Å². The lowest BCUT2D eigenvalue weighted by atomic mass is 10.0. The molecule has 1 aliphatic rings. The fourth-order valence-electron chi connectivity index (χ4n) is 3.64. The number of aliphatic imine (C=N–C) groups is 2. The molecule has 1 unspecified atom stereocenters. The fourth-order valence-corrected chi connectivity index (χ4v) is 3.64. The van der Waals surface area contributed by atoms with Crippen molar-refractivity contribution in [2.45, 2.75) is 6.17 Å². The number of hydrazine groups is 1. The Hall–Kier alpha value is -4.63. The molecular weight excluding hydrogens is 435 g/mol. The first-order valence-electron chi connectivity index (χ1n) is 10.3. The van der Waals surface area contributed by atoms with Crippen molar-refractivity contribution >= 4 is 34.0 Å². The molecule has 5 rings (SSSR count). The molecule has 3 heterocycles. The Morgan fingerprint density at radius 1 is 0.882 bits per heavy atom. The fraction of sp³-hybridized carbons (Fsp3) is 0.0400. The number of carbonyl (C=O) groups is 2. The summed E-state index contributed by atoms with van der Waals surface area (Å²) < 4.78 is 15.2. The largest absolute Gasteiger partial charge is 0.289 e. The number of rotatable bonds is 5. The summed E-state index contributed by atoms with van der Waals surface area (Å²) in [5.74, 6) is 4.22. The standard InChI is InChI=1S/C25H17FN6O2/c26-20-12-16-6-2-1-5-15(16)11-19(20)24-30-23(21(33)17-7-3-9-28-13-17)31-25(32(24)27)22(34)18-8-4-10-29-14-18/h1-14,25H,27H2. The molecule has 0 saturated carbocycles. The number of hydrogen-bond donors (Lipinski definition) is 1. The van der Waals surface area contributed by atoms with Crippen LogP contribution in [0.25, 0.3) is 10.8 Å². The molecule has 0 saturated heterocycles. The molecule has 0 radical (unpaired) electrons. The highest BCUT2D eigenvalue weighted by Crippen LogP contribution is 2.24. The van der Waals surface area contributed by atoms with Crippen LogP contribution in [-0.2, 0) is 0 Å². The van der Waals surface area contributed by atoms with E-state index in [-0.39, 0.29) is 28.4 Å². The van der Waals surface area contributed by atoms with Gasteiger partial charge >= 0.3 is 0 Å². The number of fused-ring (bicyclic) bond motifs is 1. The molecular formula is C25H17FN6O2. The first kappa shape index (κ1) is 21.2. The third kappa shape index (κ3) is 3.84. The first-order chi connectivity index (χ1) is 16.5. The van der Waals surface area contributed by atoms with Crippen molar-refractivity contribution in [1.82, 2.24) is 15.0 Å². The maximum absolute atomic E-state index is 15.2. The van der Waals surface area contributed by atoms with E-state index in [1.54, 1.807) is 42.5 Å². The summed E-state index contributed by atoms with van der Waals surface area (Å²) in [5.41, 5.74) is 0.498. The number of halogens is 1. The van der Waals surface area contributed by atoms with Gasteiger partial charge in [0, 0.05) is 35.9 Å². The number of carbonyl (C=O) groups excluding carboxylic acids is 2. The van der Waals surface area contributed by atoms with Crippen molar-refractivity contribution in [3.05, 3.63) is 108 Å². The monoisotopic (exact) mass is 452 g/mol. The molecule has 0 fully saturated rings. The van der Waals surface area contributed by atoms with Crippen LogP contribution in [0.3, 0.4) is 0 Å². The van der Waals surface area contributed by atoms with E-state index in [1.165, 1.54) is 30.9 Å². The molecule has 1 atom stereocenters. The first-order valence-corrected chi connectivity index (χ1v) is 10.3. The van der Waals surface area contributed by atoms with Gasteiger partial charge in [-0.15, -0.1) is 0 Å². The maximum Gasteiger partial charge on any atom is 0.231 e. The van der Waals surface area contributed by atoms with Crippen molar-refractivity contribution in [1.29, 1.82) is 0 Å². The van der Waals surface area contributed by atoms with Crippen LogP contribution in [-0.4, -0.2) is 44.4 Å². The number of nitrogens with two attached hydrogens (primary N) is 1. The van der Waals surface area contributed by atoms with Crippen LogP contribution in [0, 0.1) is 5.82 Å². The van der Waals surface area contributed by atoms with Crippen LogP contribution in [0.2, 0.25) is 0 Å². The van der Waals surface area contributed by atoms with E-state index in [0.717, 1.165) is 10.4 Å². The normalized spacial score (nSPS) is 15.6. The molecule has 1 aliphatic heterocycles. The summed E-state index contributed by atoms with van der Waals surface area (Å²) in [6.45, 7) is 0. The van der Waals surface area contributed by atoms with Crippen molar-refractivity contribution in [2.24, 2.45) is 15.8 Å². The molecule has 0 bridgehead atoms. The number of ketones is 2. The highest BCUT2D eigenvalue weighted by Gasteiger charge is 2.35. The van der Waals surface area contributed by atoms with E-state index in [0.29, 0.717) is 5.39 Å². The minimum atomic E-state index is -1.35. The van der Waals surface area contributed by atoms with Crippen LogP contribution >= 0.6 is 0 Å². The van der Waals surface area contributed by atoms with Gasteiger partial charge in [-0.3, -0.25) is 24.6 Å². The second-order valence-electron chi connectivity index (χ2n) is 7.53. The Balaban J connectivity index is 1.65. The predicted octanol–water partition coefficient (Wildman–Crippen LogP) is 3.20. The van der Waals surface area contributed by atoms with Crippen molar-refractivity contribution < 1.29 is 14.0 Å². The molecule has 0 aliphatic carbocycles. The minimum absolute atomic E-state index is 0.0385. The lowest BCUT2D eigenvalue weighted by Gasteiger charge is -2.30. The zero-order valence-corrected chi connectivity index (χ0v) is 17.7. The number of nitrogens with zero attached hydrogens (tertiary/aromatic N) is 5. The van der Waals surface area contributed by atoms with E-state index < -0.39 is 23.5 Å². The average molecular weight is 452 g/mol. The van der Waals surface area contributed by atoms with E-state index in [9.17, 15) is 9.59 Å². The molecule has 0 amide bonds. The van der Waals surface area contributed by atoms with Gasteiger partial charge in [0.15, 0.2) is 5.84 Å². The number of amidine groups is 2. The van der Waals surface area contributed by atoms with E-state index in [1.807, 2.05) is 12.1 Å². The number of pyridine rings is 2. The second-order valence-corrected chi connectivity index (χ2v) is 7.53. The Morgan fingerprint density at radius 2 is 1.53 bits per heavy atom. The maximum atomic E-state index is 15.2. The second kappa shape index (κ2) is 8.72. The van der Waals surface area contributed by atoms with Crippen LogP contribution < -0.4 is 5.84 Å². The molecule has 34 heavy (non-hydrogen) atoms. The summed E-state index contributed by atoms with van der Waals surface area (Å²) in [4.78, 5) is 42.8. The quantitative estimate of drug-likeness (QED) is 0.367. The average Bonchev–Trinajstić information content (AvgIpc) is 2.89. The van der Waals surface area contributed by atoms with Gasteiger partial charge in [0.25, 0.3) is 0 Å². The summed E-state index contributed by atoms with van der Waals surface area (Å²) in [6, 6.07) is 16.4. The molecule has 8 nitrogen and oxygen atoms in total. The predicted molar refractivity (Wildman–Crippen MR) is 125 cm³/mol. The smallest absolute Gasteiger partial charge is 0.231 e. The molecule has 166 valence electrons. The SMILES string of the molecule is NN1C(c2cc3ccccc3cc2F)=NC(C(=O)c2cccnc2)=NC1C(=O)c1cccnc1. The Morgan fingerprint density at radius 3 is 2.18 bits per heavy atom. The molecule has 9 heteroatoms. The molecule has 0 spiro atoms. The number of benzene rings is 2. The van der Waals surface area contributed by atoms with E-state index >= 15 is 4.39 Å². The zero-order valence-electron chi connectivity index (χ0n) is 17.7. The van der Waals surface area contributed by atoms with E-state index in [2.05, 4.69) is 20.0 Å². The summed E-state index contributed by atoms with van der Waals surface area (Å²) in [5, 5.41) is 2.41. The summed E-state index contributed by atoms with van der Waals surface area (Å²) >= 11 is 0. The van der Waals surface area contributed by atoms with Gasteiger partial charge in [0.1, 0.15) is 5.82 Å². The molecule has 4 aromatic rings. The Labute approximate surface area is 193 Å². The third-order valence-corrected chi connectivity index (χ3v) is 5.35. The van der Waals surface area contributed by atoms with Crippen molar-refractivity contribution in [3.8, 4) is 0 Å². The summed E-state index contributed by atoms with van der Waals surface area (Å²) in [7, 11) is 0. The highest BCUT2D eigenvalue weighted by atomic mass is 19.1. The number of Topliss-reactive ketones (excluding diaryl/α,β-unsaturated/α-hetero) is 2. The van der Waals surface area contributed by atoms with Gasteiger partial charge in [-0.1, -0.05) is 24.3 Å². The van der Waals surface area contributed by atoms with Crippen LogP contribution in [0.5, 0.6) is 0 Å². The van der Waals surface area contributed by atoms with Crippen LogP contribution in [0.1, 0.15) is 26.3 Å². The van der Waals surface area contributed by atoms with Gasteiger partial charge in [0.05, 0.1) is 5.56 Å². The van der Waals surface area contributed by atoms with Gasteiger partial charge in [-0.25, -0.2) is 20.2 Å². The lowest BCUT2D eigenvalue weighted by Crippen LogP contribution is -2.52. The van der Waals surface area contributed by atoms with Crippen LogP contribution in [0.4, 0.5) is 4.39 Å². The Kier molecular flexibility index (Phi) is 5.44. The van der Waals surface area contributed by atoms with Gasteiger partial charge in [-0.2, -0.15) is 0 Å². The lowest BCUT2D eigenvalue weighted by molar-refractivity contribution is 0.0891. The molecule has 2 aromatic heterocycles. The third-order valence-electron chi connectivity index (χ3n) is 5.35. The Bertz CT molecular complexity index is 1470. The number of aromatic nitrogens is 2. The topological polar surface area (TPSA) is 114 Å². The van der Waals surface area contributed by atoms with Gasteiger partial charge in [-0.05, 0) is 47.2 Å².